The van der Waals surface area contributed by atoms with Crippen LogP contribution in [0.5, 0.6) is 0 Å². The van der Waals surface area contributed by atoms with Crippen LogP contribution in [-0.2, 0) is 31.9 Å². The molecule has 341 valence electrons. The maximum absolute atomic E-state index is 9.15. The van der Waals surface area contributed by atoms with Crippen molar-refractivity contribution in [3.8, 4) is 33.6 Å². The molecule has 0 atom stereocenters. The zero-order valence-electron chi connectivity index (χ0n) is 45.8. The number of nitrogens with zero attached hydrogens (tertiary/aromatic N) is 2. The molecule has 0 unspecified atom stereocenters. The summed E-state index contributed by atoms with van der Waals surface area (Å²) in [6.07, 6.45) is 1.74. The summed E-state index contributed by atoms with van der Waals surface area (Å²) in [6.45, 7) is 25.4. The molecule has 9 rings (SSSR count). The van der Waals surface area contributed by atoms with Gasteiger partial charge < -0.3 is 14.4 Å². The van der Waals surface area contributed by atoms with Gasteiger partial charge >= 0.3 is 0 Å². The zero-order chi connectivity index (χ0) is 50.9. The van der Waals surface area contributed by atoms with Crippen molar-refractivity contribution in [2.75, 3.05) is 0 Å². The molecule has 5 heteroatoms. The minimum absolute atomic E-state index is 0. The van der Waals surface area contributed by atoms with Crippen molar-refractivity contribution in [2.24, 2.45) is 5.41 Å². The predicted molar refractivity (Wildman–Crippen MR) is 282 cm³/mol. The van der Waals surface area contributed by atoms with E-state index in [1.807, 2.05) is 81.6 Å². The first-order chi connectivity index (χ1) is 32.6. The summed E-state index contributed by atoms with van der Waals surface area (Å²) < 4.78 is 50.9. The van der Waals surface area contributed by atoms with Gasteiger partial charge in [-0.05, 0) is 126 Å². The third-order valence-electron chi connectivity index (χ3n) is 12.3. The fourth-order valence-corrected chi connectivity index (χ4v) is 9.92. The second-order valence-corrected chi connectivity index (χ2v) is 26.4. The van der Waals surface area contributed by atoms with E-state index in [4.69, 9.17) is 16.3 Å². The SMILES string of the molecule is CC(C)(C)c1ccnc(-c2[c-]cccc2)c1.[2H]C([2H])([2H])c1cnc(-c2[c-]ccc3c2oc2cc4c(ccc5ccc([Si](C)(C)C)cc54)cc23)cc1-c1c(C(C)C)cc(C([2H])([2H])C(C)(C)C)cc1C(C)C.[Ir]. The van der Waals surface area contributed by atoms with E-state index >= 15 is 0 Å². The van der Waals surface area contributed by atoms with Gasteiger partial charge in [-0.15, -0.1) is 54.1 Å². The Labute approximate surface area is 415 Å². The summed E-state index contributed by atoms with van der Waals surface area (Å²) in [5.74, 6) is -0.0154. The average molecular weight is 1070 g/mol. The van der Waals surface area contributed by atoms with Crippen molar-refractivity contribution in [3.05, 3.63) is 162 Å². The van der Waals surface area contributed by atoms with Gasteiger partial charge in [-0.25, -0.2) is 0 Å². The molecule has 0 saturated heterocycles. The number of hydrogen-bond acceptors (Lipinski definition) is 3. The maximum atomic E-state index is 9.15. The minimum atomic E-state index is -2.44. The van der Waals surface area contributed by atoms with E-state index in [0.29, 0.717) is 28.0 Å². The van der Waals surface area contributed by atoms with E-state index in [1.165, 1.54) is 27.7 Å². The molecule has 6 aromatic carbocycles. The van der Waals surface area contributed by atoms with Crippen LogP contribution >= 0.6 is 0 Å². The van der Waals surface area contributed by atoms with Gasteiger partial charge in [0.1, 0.15) is 5.58 Å². The first-order valence-corrected chi connectivity index (χ1v) is 26.5. The van der Waals surface area contributed by atoms with E-state index < -0.39 is 26.7 Å². The summed E-state index contributed by atoms with van der Waals surface area (Å²) in [5, 5.41) is 8.06. The van der Waals surface area contributed by atoms with Crippen molar-refractivity contribution in [2.45, 2.75) is 119 Å². The summed E-state index contributed by atoms with van der Waals surface area (Å²) in [4.78, 5) is 9.17. The molecule has 0 aliphatic rings. The largest absolute Gasteiger partial charge is 0.501 e. The molecule has 3 aromatic heterocycles. The third kappa shape index (κ3) is 10.2. The predicted octanol–water partition coefficient (Wildman–Crippen LogP) is 17.0. The van der Waals surface area contributed by atoms with E-state index in [2.05, 4.69) is 140 Å². The standard InChI is InChI=1S/C46H50NOSi.C15H16N.Ir/c1-27(2)36-19-30(25-46(6,7)8)20-37(28(3)4)44(36)38-23-42(47-26-29(38)5)35-14-12-13-34-41-21-32-16-15-31-17-18-33(49(9,10)11)22-39(31)40(32)24-43(41)48-45(34)35;1-15(2,3)13-9-10-16-14(11-13)12-7-5-4-6-8-12;/h12-13,15-24,26-28H,25H2,1-11H3;4-7,9-11H,1-3H3;/q2*-1;/i5D3,25D2;;. The van der Waals surface area contributed by atoms with Gasteiger partial charge in [0.05, 0.1) is 13.7 Å². The normalized spacial score (nSPS) is 13.8. The van der Waals surface area contributed by atoms with Crippen LogP contribution in [0.3, 0.4) is 0 Å². The summed E-state index contributed by atoms with van der Waals surface area (Å²) in [6, 6.07) is 44.0. The topological polar surface area (TPSA) is 38.9 Å². The van der Waals surface area contributed by atoms with Crippen LogP contribution in [0.15, 0.2) is 126 Å². The quantitative estimate of drug-likeness (QED) is 0.0907. The molecule has 1 radical (unpaired) electrons. The maximum Gasteiger partial charge on any atom is 0.121 e. The Balaban J connectivity index is 0.000000369. The van der Waals surface area contributed by atoms with Gasteiger partial charge in [0.15, 0.2) is 0 Å². The molecule has 0 aliphatic carbocycles. The molecule has 0 N–H and O–H groups in total. The second kappa shape index (κ2) is 18.8. The molecule has 0 spiro atoms. The van der Waals surface area contributed by atoms with E-state index in [1.54, 1.807) is 0 Å². The van der Waals surface area contributed by atoms with Crippen LogP contribution < -0.4 is 5.19 Å². The van der Waals surface area contributed by atoms with Crippen molar-refractivity contribution in [3.63, 3.8) is 0 Å². The monoisotopic (exact) mass is 1070 g/mol. The van der Waals surface area contributed by atoms with Crippen LogP contribution in [0.2, 0.25) is 19.6 Å². The smallest absolute Gasteiger partial charge is 0.121 e. The molecule has 0 amide bonds. The first kappa shape index (κ1) is 42.2. The van der Waals surface area contributed by atoms with Crippen molar-refractivity contribution in [1.82, 2.24) is 9.97 Å². The molecular formula is C61H66IrN2OSi-2. The average Bonchev–Trinajstić information content (AvgIpc) is 3.67. The molecule has 3 heterocycles. The number of benzene rings is 6. The summed E-state index contributed by atoms with van der Waals surface area (Å²) in [5.41, 5.74) is 9.50. The second-order valence-electron chi connectivity index (χ2n) is 21.3. The number of fused-ring (bicyclic) bond motifs is 6. The van der Waals surface area contributed by atoms with Gasteiger partial charge in [-0.1, -0.05) is 160 Å². The molecule has 66 heavy (non-hydrogen) atoms. The van der Waals surface area contributed by atoms with Gasteiger partial charge in [0.25, 0.3) is 0 Å². The Hall–Kier alpha value is -5.19. The van der Waals surface area contributed by atoms with Gasteiger partial charge in [0.2, 0.25) is 0 Å². The Morgan fingerprint density at radius 2 is 1.39 bits per heavy atom. The molecule has 0 saturated carbocycles. The van der Waals surface area contributed by atoms with Gasteiger partial charge in [0, 0.05) is 44.7 Å². The van der Waals surface area contributed by atoms with Crippen LogP contribution in [0, 0.1) is 24.4 Å². The molecule has 3 nitrogen and oxygen atoms in total. The van der Waals surface area contributed by atoms with Gasteiger partial charge in [-0.2, -0.15) is 0 Å². The summed E-state index contributed by atoms with van der Waals surface area (Å²) in [7, 11) is -1.53. The number of aryl methyl sites for hydroxylation is 1. The molecule has 0 fully saturated rings. The molecule has 0 aliphatic heterocycles. The van der Waals surface area contributed by atoms with Crippen LogP contribution in [0.25, 0.3) is 77.1 Å². The third-order valence-corrected chi connectivity index (χ3v) is 14.3. The number of pyridine rings is 2. The number of hydrogen-bond donors (Lipinski definition) is 0. The van der Waals surface area contributed by atoms with E-state index in [-0.39, 0.29) is 42.9 Å². The van der Waals surface area contributed by atoms with Crippen molar-refractivity contribution < 1.29 is 31.4 Å². The van der Waals surface area contributed by atoms with Crippen LogP contribution in [0.4, 0.5) is 0 Å². The van der Waals surface area contributed by atoms with Crippen molar-refractivity contribution in [1.29, 1.82) is 0 Å². The summed E-state index contributed by atoms with van der Waals surface area (Å²) >= 11 is 0. The minimum Gasteiger partial charge on any atom is -0.501 e. The fourth-order valence-electron chi connectivity index (χ4n) is 8.76. The van der Waals surface area contributed by atoms with Crippen molar-refractivity contribution >= 4 is 56.7 Å². The molecule has 0 bridgehead atoms. The molecular weight excluding hydrogens is 997 g/mol. The van der Waals surface area contributed by atoms with Gasteiger partial charge in [-0.3, -0.25) is 0 Å². The number of aromatic nitrogens is 2. The first-order valence-electron chi connectivity index (χ1n) is 25.5. The zero-order valence-corrected chi connectivity index (χ0v) is 44.2. The number of rotatable bonds is 7. The van der Waals surface area contributed by atoms with E-state index in [9.17, 15) is 0 Å². The Kier molecular flexibility index (Phi) is 12.0. The number of furan rings is 1. The fraction of sp³-hybridized carbons (Fsp3) is 0.311. The van der Waals surface area contributed by atoms with Crippen LogP contribution in [0.1, 0.15) is 116 Å². The Morgan fingerprint density at radius 1 is 0.697 bits per heavy atom. The molecule has 9 aromatic rings. The van der Waals surface area contributed by atoms with E-state index in [0.717, 1.165) is 55.1 Å². The Morgan fingerprint density at radius 3 is 2.03 bits per heavy atom. The van der Waals surface area contributed by atoms with Crippen LogP contribution in [-0.4, -0.2) is 18.0 Å². The Bertz CT molecular complexity index is 3380.